The van der Waals surface area contributed by atoms with Crippen LogP contribution in [0.15, 0.2) is 49.1 Å². The summed E-state index contributed by atoms with van der Waals surface area (Å²) in [6.07, 6.45) is 9.07. The van der Waals surface area contributed by atoms with Crippen molar-refractivity contribution in [2.45, 2.75) is 37.5 Å². The highest BCUT2D eigenvalue weighted by Gasteiger charge is 2.42. The Kier molecular flexibility index (Phi) is 3.23. The third-order valence-corrected chi connectivity index (χ3v) is 5.15. The SMILES string of the molecule is c1ccc([C@H]2C[C@@H]3[C@@H](CCCN3c3nccn4cnnc34)O2)cc1. The Morgan fingerprint density at radius 3 is 3.00 bits per heavy atom. The summed E-state index contributed by atoms with van der Waals surface area (Å²) >= 11 is 0. The largest absolute Gasteiger partial charge is 0.368 e. The molecule has 0 aliphatic carbocycles. The van der Waals surface area contributed by atoms with E-state index in [1.165, 1.54) is 5.56 Å². The molecule has 24 heavy (non-hydrogen) atoms. The molecule has 6 nitrogen and oxygen atoms in total. The Morgan fingerprint density at radius 2 is 2.08 bits per heavy atom. The minimum absolute atomic E-state index is 0.166. The molecular formula is C18H19N5O. The molecule has 2 aliphatic rings. The van der Waals surface area contributed by atoms with Gasteiger partial charge in [-0.1, -0.05) is 30.3 Å². The van der Waals surface area contributed by atoms with E-state index in [9.17, 15) is 0 Å². The van der Waals surface area contributed by atoms with E-state index < -0.39 is 0 Å². The van der Waals surface area contributed by atoms with Crippen LogP contribution in [0.2, 0.25) is 0 Å². The van der Waals surface area contributed by atoms with Gasteiger partial charge in [0.1, 0.15) is 6.33 Å². The van der Waals surface area contributed by atoms with Crippen molar-refractivity contribution in [1.82, 2.24) is 19.6 Å². The summed E-state index contributed by atoms with van der Waals surface area (Å²) in [4.78, 5) is 6.98. The minimum Gasteiger partial charge on any atom is -0.368 e. The van der Waals surface area contributed by atoms with E-state index in [4.69, 9.17) is 4.74 Å². The lowest BCUT2D eigenvalue weighted by Crippen LogP contribution is -2.46. The molecule has 0 unspecified atom stereocenters. The summed E-state index contributed by atoms with van der Waals surface area (Å²) in [6, 6.07) is 10.9. The van der Waals surface area contributed by atoms with Crippen molar-refractivity contribution >= 4 is 11.5 Å². The van der Waals surface area contributed by atoms with Crippen molar-refractivity contribution in [3.05, 3.63) is 54.6 Å². The molecule has 1 aromatic carbocycles. The summed E-state index contributed by atoms with van der Waals surface area (Å²) in [6.45, 7) is 0.992. The average Bonchev–Trinajstić information content (AvgIpc) is 3.28. The summed E-state index contributed by atoms with van der Waals surface area (Å²) in [5, 5.41) is 8.27. The van der Waals surface area contributed by atoms with Gasteiger partial charge in [0.15, 0.2) is 5.82 Å². The van der Waals surface area contributed by atoms with Gasteiger partial charge in [-0.25, -0.2) is 4.98 Å². The summed E-state index contributed by atoms with van der Waals surface area (Å²) < 4.78 is 8.31. The van der Waals surface area contributed by atoms with Crippen molar-refractivity contribution in [2.75, 3.05) is 11.4 Å². The first-order valence-electron chi connectivity index (χ1n) is 8.51. The predicted octanol–water partition coefficient (Wildman–Crippen LogP) is 2.62. The van der Waals surface area contributed by atoms with Crippen LogP contribution in [0.4, 0.5) is 5.82 Å². The molecule has 122 valence electrons. The summed E-state index contributed by atoms with van der Waals surface area (Å²) in [7, 11) is 0. The molecule has 0 saturated carbocycles. The Labute approximate surface area is 140 Å². The molecule has 0 N–H and O–H groups in total. The van der Waals surface area contributed by atoms with Gasteiger partial charge in [-0.05, 0) is 18.4 Å². The quantitative estimate of drug-likeness (QED) is 0.726. The molecule has 4 heterocycles. The Morgan fingerprint density at radius 1 is 1.17 bits per heavy atom. The Balaban J connectivity index is 1.49. The molecule has 0 radical (unpaired) electrons. The van der Waals surface area contributed by atoms with Crippen LogP contribution in [-0.2, 0) is 4.74 Å². The first kappa shape index (κ1) is 13.9. The molecule has 5 rings (SSSR count). The van der Waals surface area contributed by atoms with E-state index in [0.29, 0.717) is 6.04 Å². The van der Waals surface area contributed by atoms with Crippen molar-refractivity contribution in [3.8, 4) is 0 Å². The third kappa shape index (κ3) is 2.17. The molecular weight excluding hydrogens is 302 g/mol. The molecule has 3 atom stereocenters. The number of hydrogen-bond acceptors (Lipinski definition) is 5. The molecule has 0 amide bonds. The molecule has 2 aliphatic heterocycles. The molecule has 2 saturated heterocycles. The van der Waals surface area contributed by atoms with Gasteiger partial charge in [-0.15, -0.1) is 10.2 Å². The number of piperidine rings is 1. The lowest BCUT2D eigenvalue weighted by atomic mass is 9.95. The van der Waals surface area contributed by atoms with Gasteiger partial charge < -0.3 is 9.64 Å². The maximum absolute atomic E-state index is 6.38. The zero-order valence-corrected chi connectivity index (χ0v) is 13.3. The van der Waals surface area contributed by atoms with E-state index in [2.05, 4.69) is 44.3 Å². The van der Waals surface area contributed by atoms with Crippen LogP contribution in [0.3, 0.4) is 0 Å². The van der Waals surface area contributed by atoms with Crippen LogP contribution in [0.5, 0.6) is 0 Å². The number of nitrogens with zero attached hydrogens (tertiary/aromatic N) is 5. The van der Waals surface area contributed by atoms with Crippen LogP contribution in [-0.4, -0.2) is 38.3 Å². The van der Waals surface area contributed by atoms with Crippen molar-refractivity contribution in [3.63, 3.8) is 0 Å². The number of hydrogen-bond donors (Lipinski definition) is 0. The van der Waals surface area contributed by atoms with E-state index in [-0.39, 0.29) is 12.2 Å². The number of rotatable bonds is 2. The van der Waals surface area contributed by atoms with Crippen LogP contribution in [0.1, 0.15) is 30.9 Å². The fourth-order valence-electron chi connectivity index (χ4n) is 4.04. The molecule has 2 fully saturated rings. The van der Waals surface area contributed by atoms with Crippen LogP contribution in [0.25, 0.3) is 5.65 Å². The lowest BCUT2D eigenvalue weighted by Gasteiger charge is -2.37. The molecule has 0 bridgehead atoms. The Hall–Kier alpha value is -2.47. The molecule has 0 spiro atoms. The standard InChI is InChI=1S/C18H19N5O/c1-2-5-13(6-3-1)16-11-14-15(24-16)7-4-9-23(14)17-18-21-20-12-22(18)10-8-19-17/h1-3,5-6,8,10,12,14-16H,4,7,9,11H2/t14-,15-,16-/m1/s1. The van der Waals surface area contributed by atoms with Crippen molar-refractivity contribution in [2.24, 2.45) is 0 Å². The molecule has 6 heteroatoms. The van der Waals surface area contributed by atoms with E-state index >= 15 is 0 Å². The summed E-state index contributed by atoms with van der Waals surface area (Å²) in [5.41, 5.74) is 2.09. The topological polar surface area (TPSA) is 55.6 Å². The zero-order valence-electron chi connectivity index (χ0n) is 13.3. The van der Waals surface area contributed by atoms with E-state index in [1.807, 2.05) is 22.9 Å². The fraction of sp³-hybridized carbons (Fsp3) is 0.389. The van der Waals surface area contributed by atoms with Crippen LogP contribution in [0, 0.1) is 0 Å². The number of ether oxygens (including phenoxy) is 1. The molecule has 3 aromatic rings. The second kappa shape index (κ2) is 5.56. The van der Waals surface area contributed by atoms with Crippen molar-refractivity contribution in [1.29, 1.82) is 0 Å². The van der Waals surface area contributed by atoms with Gasteiger partial charge in [-0.3, -0.25) is 4.40 Å². The second-order valence-electron chi connectivity index (χ2n) is 6.53. The van der Waals surface area contributed by atoms with Gasteiger partial charge in [0, 0.05) is 25.4 Å². The van der Waals surface area contributed by atoms with Gasteiger partial charge in [0.25, 0.3) is 0 Å². The number of anilines is 1. The third-order valence-electron chi connectivity index (χ3n) is 5.15. The first-order chi connectivity index (χ1) is 11.9. The number of aromatic nitrogens is 4. The van der Waals surface area contributed by atoms with E-state index in [0.717, 1.165) is 37.3 Å². The Bertz CT molecular complexity index is 849. The zero-order chi connectivity index (χ0) is 15.9. The van der Waals surface area contributed by atoms with E-state index in [1.54, 1.807) is 6.33 Å². The lowest BCUT2D eigenvalue weighted by molar-refractivity contribution is 0.0299. The maximum atomic E-state index is 6.38. The smallest absolute Gasteiger partial charge is 0.203 e. The maximum Gasteiger partial charge on any atom is 0.203 e. The monoisotopic (exact) mass is 321 g/mol. The average molecular weight is 321 g/mol. The highest BCUT2D eigenvalue weighted by molar-refractivity contribution is 5.64. The molecule has 2 aromatic heterocycles. The van der Waals surface area contributed by atoms with Crippen LogP contribution < -0.4 is 4.90 Å². The highest BCUT2D eigenvalue weighted by Crippen LogP contribution is 2.41. The van der Waals surface area contributed by atoms with Gasteiger partial charge in [0.2, 0.25) is 5.65 Å². The van der Waals surface area contributed by atoms with Gasteiger partial charge in [-0.2, -0.15) is 0 Å². The second-order valence-corrected chi connectivity index (χ2v) is 6.53. The predicted molar refractivity (Wildman–Crippen MR) is 89.8 cm³/mol. The van der Waals surface area contributed by atoms with Crippen molar-refractivity contribution < 1.29 is 4.74 Å². The minimum atomic E-state index is 0.166. The fourth-order valence-corrected chi connectivity index (χ4v) is 4.04. The van der Waals surface area contributed by atoms with Gasteiger partial charge >= 0.3 is 0 Å². The number of benzene rings is 1. The van der Waals surface area contributed by atoms with Crippen LogP contribution >= 0.6 is 0 Å². The summed E-state index contributed by atoms with van der Waals surface area (Å²) in [5.74, 6) is 0.919. The normalized spacial score (nSPS) is 26.7. The first-order valence-corrected chi connectivity index (χ1v) is 8.51. The van der Waals surface area contributed by atoms with Gasteiger partial charge in [0.05, 0.1) is 18.2 Å². The highest BCUT2D eigenvalue weighted by atomic mass is 16.5. The number of fused-ring (bicyclic) bond motifs is 2.